The number of hydrogen-bond donors (Lipinski definition) is 2. The Kier molecular flexibility index (Phi) is 6.53. The third-order valence-corrected chi connectivity index (χ3v) is 4.77. The van der Waals surface area contributed by atoms with E-state index in [4.69, 9.17) is 4.74 Å². The SMILES string of the molecule is CC(=O)OCCN1C(=O)c2c(O)c(=O)c(C(=O)NCc3ccc(F)cc3F)cn2CN1C. The van der Waals surface area contributed by atoms with Crippen LogP contribution in [0.1, 0.15) is 33.3 Å². The lowest BCUT2D eigenvalue weighted by Crippen LogP contribution is -2.52. The number of rotatable bonds is 6. The van der Waals surface area contributed by atoms with Crippen molar-refractivity contribution in [1.29, 1.82) is 0 Å². The zero-order valence-electron chi connectivity index (χ0n) is 17.2. The number of nitrogens with one attached hydrogen (secondary N) is 1. The molecule has 2 heterocycles. The highest BCUT2D eigenvalue weighted by Gasteiger charge is 2.33. The number of aromatic hydroxyl groups is 1. The molecule has 0 bridgehead atoms. The van der Waals surface area contributed by atoms with E-state index in [0.717, 1.165) is 18.3 Å². The maximum atomic E-state index is 13.8. The summed E-state index contributed by atoms with van der Waals surface area (Å²) in [6.45, 7) is 0.807. The molecular formula is C20H20F2N4O6. The van der Waals surface area contributed by atoms with Crippen molar-refractivity contribution in [2.75, 3.05) is 20.2 Å². The van der Waals surface area contributed by atoms with E-state index < -0.39 is 46.2 Å². The summed E-state index contributed by atoms with van der Waals surface area (Å²) in [6, 6.07) is 2.84. The highest BCUT2D eigenvalue weighted by Crippen LogP contribution is 2.22. The summed E-state index contributed by atoms with van der Waals surface area (Å²) in [5.74, 6) is -4.70. The Morgan fingerprint density at radius 1 is 1.25 bits per heavy atom. The molecule has 12 heteroatoms. The average molecular weight is 450 g/mol. The normalized spacial score (nSPS) is 13.6. The van der Waals surface area contributed by atoms with E-state index >= 15 is 0 Å². The van der Waals surface area contributed by atoms with Crippen molar-refractivity contribution in [3.63, 3.8) is 0 Å². The zero-order valence-corrected chi connectivity index (χ0v) is 17.2. The van der Waals surface area contributed by atoms with Gasteiger partial charge < -0.3 is 19.7 Å². The molecule has 32 heavy (non-hydrogen) atoms. The minimum Gasteiger partial charge on any atom is -0.503 e. The Bertz CT molecular complexity index is 1150. The fourth-order valence-corrected chi connectivity index (χ4v) is 3.21. The first-order valence-corrected chi connectivity index (χ1v) is 9.45. The van der Waals surface area contributed by atoms with Crippen LogP contribution >= 0.6 is 0 Å². The summed E-state index contributed by atoms with van der Waals surface area (Å²) >= 11 is 0. The van der Waals surface area contributed by atoms with Gasteiger partial charge in [0, 0.05) is 38.3 Å². The summed E-state index contributed by atoms with van der Waals surface area (Å²) in [4.78, 5) is 48.7. The van der Waals surface area contributed by atoms with Gasteiger partial charge in [0.05, 0.1) is 13.2 Å². The summed E-state index contributed by atoms with van der Waals surface area (Å²) in [6.07, 6.45) is 1.12. The molecule has 1 aromatic carbocycles. The lowest BCUT2D eigenvalue weighted by Gasteiger charge is -2.37. The van der Waals surface area contributed by atoms with Gasteiger partial charge in [0.15, 0.2) is 11.4 Å². The summed E-state index contributed by atoms with van der Waals surface area (Å²) in [5.41, 5.74) is -1.85. The molecule has 1 aliphatic heterocycles. The van der Waals surface area contributed by atoms with Crippen molar-refractivity contribution in [3.8, 4) is 5.75 Å². The number of halogens is 2. The number of carbonyl (C=O) groups is 3. The molecule has 2 N–H and O–H groups in total. The monoisotopic (exact) mass is 450 g/mol. The fraction of sp³-hybridized carbons (Fsp3) is 0.300. The number of hydrogen-bond acceptors (Lipinski definition) is 7. The maximum Gasteiger partial charge on any atom is 0.302 e. The molecule has 0 atom stereocenters. The van der Waals surface area contributed by atoms with E-state index in [1.807, 2.05) is 0 Å². The Morgan fingerprint density at radius 2 is 1.97 bits per heavy atom. The topological polar surface area (TPSA) is 121 Å². The van der Waals surface area contributed by atoms with E-state index in [-0.39, 0.29) is 37.6 Å². The Labute approximate surface area is 180 Å². The number of ether oxygens (including phenoxy) is 1. The van der Waals surface area contributed by atoms with Crippen LogP contribution in [0.4, 0.5) is 8.78 Å². The van der Waals surface area contributed by atoms with Crippen molar-refractivity contribution in [2.24, 2.45) is 0 Å². The van der Waals surface area contributed by atoms with Crippen LogP contribution < -0.4 is 10.7 Å². The van der Waals surface area contributed by atoms with Crippen molar-refractivity contribution in [3.05, 3.63) is 63.1 Å². The van der Waals surface area contributed by atoms with Crippen LogP contribution in [0.15, 0.2) is 29.2 Å². The first-order valence-electron chi connectivity index (χ1n) is 9.45. The predicted octanol–water partition coefficient (Wildman–Crippen LogP) is 0.585. The van der Waals surface area contributed by atoms with Crippen LogP contribution in [0.2, 0.25) is 0 Å². The zero-order chi connectivity index (χ0) is 23.6. The predicted molar refractivity (Wildman–Crippen MR) is 105 cm³/mol. The lowest BCUT2D eigenvalue weighted by atomic mass is 10.1. The quantitative estimate of drug-likeness (QED) is 0.618. The van der Waals surface area contributed by atoms with Crippen LogP contribution in [0.5, 0.6) is 5.75 Å². The number of amides is 2. The number of benzene rings is 1. The largest absolute Gasteiger partial charge is 0.503 e. The van der Waals surface area contributed by atoms with Crippen LogP contribution in [-0.4, -0.2) is 57.7 Å². The maximum absolute atomic E-state index is 13.8. The molecule has 2 aromatic rings. The number of hydrazine groups is 1. The van der Waals surface area contributed by atoms with Crippen molar-refractivity contribution in [1.82, 2.24) is 19.9 Å². The first-order chi connectivity index (χ1) is 15.1. The van der Waals surface area contributed by atoms with Gasteiger partial charge in [-0.25, -0.2) is 13.8 Å². The first kappa shape index (κ1) is 22.9. The molecule has 3 rings (SSSR count). The third-order valence-electron chi connectivity index (χ3n) is 4.77. The molecule has 0 saturated carbocycles. The molecule has 10 nitrogen and oxygen atoms in total. The minimum absolute atomic E-state index is 0.000340. The van der Waals surface area contributed by atoms with Gasteiger partial charge in [0.1, 0.15) is 23.8 Å². The van der Waals surface area contributed by atoms with E-state index in [1.54, 1.807) is 7.05 Å². The molecule has 0 fully saturated rings. The molecule has 0 unspecified atom stereocenters. The van der Waals surface area contributed by atoms with Gasteiger partial charge in [0.25, 0.3) is 11.8 Å². The van der Waals surface area contributed by atoms with Crippen LogP contribution in [-0.2, 0) is 22.7 Å². The van der Waals surface area contributed by atoms with E-state index in [2.05, 4.69) is 5.32 Å². The number of pyridine rings is 1. The fourth-order valence-electron chi connectivity index (χ4n) is 3.21. The number of aromatic nitrogens is 1. The molecular weight excluding hydrogens is 430 g/mol. The second-order valence-electron chi connectivity index (χ2n) is 7.02. The molecule has 0 radical (unpaired) electrons. The molecule has 0 saturated heterocycles. The van der Waals surface area contributed by atoms with Gasteiger partial charge >= 0.3 is 5.97 Å². The lowest BCUT2D eigenvalue weighted by molar-refractivity contribution is -0.142. The van der Waals surface area contributed by atoms with Crippen molar-refractivity contribution in [2.45, 2.75) is 20.1 Å². The summed E-state index contributed by atoms with van der Waals surface area (Å²) in [5, 5.41) is 15.3. The standard InChI is InChI=1S/C20H20F2N4O6/c1-11(27)32-6-5-26-20(31)16-18(29)17(28)14(9-25(16)10-24(26)2)19(30)23-8-12-3-4-13(21)7-15(12)22/h3-4,7,9,29H,5-6,8,10H2,1-2H3,(H,23,30). The van der Waals surface area contributed by atoms with Gasteiger partial charge in [-0.1, -0.05) is 6.07 Å². The number of nitrogens with zero attached hydrogens (tertiary/aromatic N) is 3. The molecule has 1 aliphatic rings. The highest BCUT2D eigenvalue weighted by atomic mass is 19.1. The summed E-state index contributed by atoms with van der Waals surface area (Å²) in [7, 11) is 1.56. The minimum atomic E-state index is -1.08. The molecule has 1 aromatic heterocycles. The van der Waals surface area contributed by atoms with Gasteiger partial charge in [-0.3, -0.25) is 24.2 Å². The Hall–Kier alpha value is -3.80. The smallest absolute Gasteiger partial charge is 0.302 e. The highest BCUT2D eigenvalue weighted by molar-refractivity contribution is 5.98. The Balaban J connectivity index is 1.82. The summed E-state index contributed by atoms with van der Waals surface area (Å²) < 4.78 is 32.8. The van der Waals surface area contributed by atoms with Gasteiger partial charge in [-0.15, -0.1) is 0 Å². The molecule has 2 amide bonds. The molecule has 0 spiro atoms. The van der Waals surface area contributed by atoms with E-state index in [9.17, 15) is 33.1 Å². The van der Waals surface area contributed by atoms with Gasteiger partial charge in [-0.2, -0.15) is 0 Å². The third kappa shape index (κ3) is 4.59. The van der Waals surface area contributed by atoms with Crippen LogP contribution in [0.3, 0.4) is 0 Å². The number of carbonyl (C=O) groups excluding carboxylic acids is 3. The molecule has 170 valence electrons. The Morgan fingerprint density at radius 3 is 2.62 bits per heavy atom. The van der Waals surface area contributed by atoms with Gasteiger partial charge in [0.2, 0.25) is 5.43 Å². The van der Waals surface area contributed by atoms with E-state index in [1.165, 1.54) is 21.5 Å². The van der Waals surface area contributed by atoms with Crippen molar-refractivity contribution >= 4 is 17.8 Å². The second-order valence-corrected chi connectivity index (χ2v) is 7.02. The van der Waals surface area contributed by atoms with Crippen LogP contribution in [0, 0.1) is 11.6 Å². The molecule has 0 aliphatic carbocycles. The van der Waals surface area contributed by atoms with E-state index in [0.29, 0.717) is 6.07 Å². The van der Waals surface area contributed by atoms with Crippen molar-refractivity contribution < 1.29 is 33.0 Å². The van der Waals surface area contributed by atoms with Crippen LogP contribution in [0.25, 0.3) is 0 Å². The average Bonchev–Trinajstić information content (AvgIpc) is 2.71. The second kappa shape index (κ2) is 9.14. The number of esters is 1. The number of fused-ring (bicyclic) bond motifs is 1. The van der Waals surface area contributed by atoms with Gasteiger partial charge in [-0.05, 0) is 6.07 Å².